The number of hydrogen-bond acceptors (Lipinski definition) is 2. The van der Waals surface area contributed by atoms with Crippen molar-refractivity contribution in [1.82, 2.24) is 14.5 Å². The normalized spacial score (nSPS) is 12.8. The Morgan fingerprint density at radius 3 is 2.71 bits per heavy atom. The molecule has 0 radical (unpaired) electrons. The summed E-state index contributed by atoms with van der Waals surface area (Å²) in [6, 6.07) is 7.65. The minimum atomic E-state index is -0.252. The van der Waals surface area contributed by atoms with Crippen molar-refractivity contribution in [3.63, 3.8) is 0 Å². The number of aromatic nitrogens is 3. The van der Waals surface area contributed by atoms with Gasteiger partial charge in [-0.3, -0.25) is 4.57 Å². The topological polar surface area (TPSA) is 30.7 Å². The van der Waals surface area contributed by atoms with E-state index < -0.39 is 0 Å². The number of hydrogen-bond donors (Lipinski definition) is 0. The fourth-order valence-electron chi connectivity index (χ4n) is 2.28. The zero-order valence-electron chi connectivity index (χ0n) is 11.4. The maximum absolute atomic E-state index is 6.39. The van der Waals surface area contributed by atoms with E-state index in [9.17, 15) is 0 Å². The van der Waals surface area contributed by atoms with Gasteiger partial charge in [-0.1, -0.05) is 27.5 Å². The first-order valence-corrected chi connectivity index (χ1v) is 8.03. The number of halogens is 3. The lowest BCUT2D eigenvalue weighted by Crippen LogP contribution is -2.03. The smallest absolute Gasteiger partial charge is 0.165 e. The molecular weight excluding hydrogens is 373 g/mol. The minimum Gasteiger partial charge on any atom is -0.278 e. The van der Waals surface area contributed by atoms with Gasteiger partial charge in [0.2, 0.25) is 0 Å². The van der Waals surface area contributed by atoms with Gasteiger partial charge in [0.1, 0.15) is 11.3 Å². The van der Waals surface area contributed by atoms with Gasteiger partial charge in [-0.2, -0.15) is 0 Å². The van der Waals surface area contributed by atoms with Gasteiger partial charge < -0.3 is 0 Å². The second-order valence-electron chi connectivity index (χ2n) is 4.82. The van der Waals surface area contributed by atoms with Crippen molar-refractivity contribution < 1.29 is 0 Å². The quantitative estimate of drug-likeness (QED) is 0.550. The highest BCUT2D eigenvalue weighted by Crippen LogP contribution is 2.32. The van der Waals surface area contributed by atoms with Gasteiger partial charge in [-0.25, -0.2) is 9.97 Å². The molecule has 1 unspecified atom stereocenters. The van der Waals surface area contributed by atoms with Crippen LogP contribution in [-0.2, 0) is 0 Å². The Balaban J connectivity index is 2.39. The van der Waals surface area contributed by atoms with Crippen LogP contribution in [0.2, 0.25) is 5.02 Å². The van der Waals surface area contributed by atoms with Crippen LogP contribution in [0.15, 0.2) is 34.9 Å². The minimum absolute atomic E-state index is 0.252. The molecule has 0 spiro atoms. The first-order valence-electron chi connectivity index (χ1n) is 6.42. The summed E-state index contributed by atoms with van der Waals surface area (Å²) < 4.78 is 2.85. The number of fused-ring (bicyclic) bond motifs is 1. The molecule has 0 saturated carbocycles. The number of pyridine rings is 1. The Morgan fingerprint density at radius 2 is 2.05 bits per heavy atom. The summed E-state index contributed by atoms with van der Waals surface area (Å²) in [5.74, 6) is 0.734. The summed E-state index contributed by atoms with van der Waals surface area (Å²) in [7, 11) is 0. The SMILES string of the molecule is Cc1ccnc2c1nc(C(C)Cl)n2-c1ccc(Br)cc1Cl. The number of aryl methyl sites for hydroxylation is 1. The summed E-state index contributed by atoms with van der Waals surface area (Å²) in [4.78, 5) is 9.11. The molecule has 1 atom stereocenters. The molecule has 0 aliphatic carbocycles. The van der Waals surface area contributed by atoms with E-state index in [1.54, 1.807) is 6.20 Å². The van der Waals surface area contributed by atoms with Crippen LogP contribution >= 0.6 is 39.1 Å². The van der Waals surface area contributed by atoms with Gasteiger partial charge >= 0.3 is 0 Å². The van der Waals surface area contributed by atoms with Crippen molar-refractivity contribution in [2.45, 2.75) is 19.2 Å². The highest BCUT2D eigenvalue weighted by atomic mass is 79.9. The third-order valence-corrected chi connectivity index (χ3v) is 4.27. The van der Waals surface area contributed by atoms with Crippen molar-refractivity contribution in [3.05, 3.63) is 51.3 Å². The Hall–Kier alpha value is -1.10. The lowest BCUT2D eigenvalue weighted by Gasteiger charge is -2.12. The number of imidazole rings is 1. The first kappa shape index (κ1) is 14.8. The molecule has 21 heavy (non-hydrogen) atoms. The van der Waals surface area contributed by atoms with Gasteiger partial charge in [0.05, 0.1) is 16.1 Å². The van der Waals surface area contributed by atoms with Gasteiger partial charge in [-0.05, 0) is 43.7 Å². The number of rotatable bonds is 2. The Kier molecular flexibility index (Phi) is 3.95. The highest BCUT2D eigenvalue weighted by molar-refractivity contribution is 9.10. The van der Waals surface area contributed by atoms with Crippen LogP contribution in [0.1, 0.15) is 23.7 Å². The van der Waals surface area contributed by atoms with E-state index in [1.807, 2.05) is 42.7 Å². The van der Waals surface area contributed by atoms with Gasteiger partial charge in [-0.15, -0.1) is 11.6 Å². The predicted octanol–water partition coefficient (Wildman–Crippen LogP) is 5.44. The van der Waals surface area contributed by atoms with Crippen LogP contribution in [0.25, 0.3) is 16.9 Å². The number of alkyl halides is 1. The molecule has 0 aliphatic rings. The third-order valence-electron chi connectivity index (χ3n) is 3.28. The molecule has 3 rings (SSSR count). The van der Waals surface area contributed by atoms with Crippen LogP contribution in [0.5, 0.6) is 0 Å². The van der Waals surface area contributed by atoms with Crippen LogP contribution in [-0.4, -0.2) is 14.5 Å². The molecule has 0 saturated heterocycles. The molecular formula is C15H12BrCl2N3. The molecule has 0 fully saturated rings. The molecule has 0 N–H and O–H groups in total. The molecule has 108 valence electrons. The summed E-state index contributed by atoms with van der Waals surface area (Å²) in [5, 5.41) is 0.365. The molecule has 1 aromatic carbocycles. The van der Waals surface area contributed by atoms with E-state index >= 15 is 0 Å². The van der Waals surface area contributed by atoms with Crippen LogP contribution in [0, 0.1) is 6.92 Å². The van der Waals surface area contributed by atoms with Crippen molar-refractivity contribution in [2.24, 2.45) is 0 Å². The fourth-order valence-corrected chi connectivity index (χ4v) is 3.18. The molecule has 0 aliphatic heterocycles. The molecule has 3 nitrogen and oxygen atoms in total. The summed E-state index contributed by atoms with van der Waals surface area (Å²) in [6.07, 6.45) is 1.77. The van der Waals surface area contributed by atoms with Crippen LogP contribution in [0.3, 0.4) is 0 Å². The van der Waals surface area contributed by atoms with Crippen molar-refractivity contribution in [2.75, 3.05) is 0 Å². The zero-order valence-corrected chi connectivity index (χ0v) is 14.5. The van der Waals surface area contributed by atoms with Crippen LogP contribution in [0.4, 0.5) is 0 Å². The van der Waals surface area contributed by atoms with Crippen molar-refractivity contribution in [1.29, 1.82) is 0 Å². The van der Waals surface area contributed by atoms with Gasteiger partial charge in [0, 0.05) is 10.7 Å². The highest BCUT2D eigenvalue weighted by Gasteiger charge is 2.19. The predicted molar refractivity (Wildman–Crippen MR) is 90.6 cm³/mol. The number of nitrogens with zero attached hydrogens (tertiary/aromatic N) is 3. The standard InChI is InChI=1S/C15H12BrCl2N3/c1-8-5-6-19-15-13(8)20-14(9(2)17)21(15)12-4-3-10(16)7-11(12)18/h3-7,9H,1-2H3. The van der Waals surface area contributed by atoms with E-state index in [4.69, 9.17) is 23.2 Å². The lowest BCUT2D eigenvalue weighted by atomic mass is 10.2. The van der Waals surface area contributed by atoms with E-state index in [0.717, 1.165) is 32.7 Å². The van der Waals surface area contributed by atoms with Crippen LogP contribution < -0.4 is 0 Å². The van der Waals surface area contributed by atoms with E-state index in [0.29, 0.717) is 5.02 Å². The molecule has 2 heterocycles. The first-order chi connectivity index (χ1) is 9.99. The monoisotopic (exact) mass is 383 g/mol. The van der Waals surface area contributed by atoms with E-state index in [2.05, 4.69) is 25.9 Å². The molecule has 2 aromatic heterocycles. The Morgan fingerprint density at radius 1 is 1.29 bits per heavy atom. The van der Waals surface area contributed by atoms with Gasteiger partial charge in [0.15, 0.2) is 5.65 Å². The number of benzene rings is 1. The zero-order chi connectivity index (χ0) is 15.1. The molecule has 0 bridgehead atoms. The van der Waals surface area contributed by atoms with E-state index in [-0.39, 0.29) is 5.38 Å². The molecule has 3 aromatic rings. The van der Waals surface area contributed by atoms with Gasteiger partial charge in [0.25, 0.3) is 0 Å². The lowest BCUT2D eigenvalue weighted by molar-refractivity contribution is 0.877. The fraction of sp³-hybridized carbons (Fsp3) is 0.200. The maximum atomic E-state index is 6.39. The molecule has 0 amide bonds. The maximum Gasteiger partial charge on any atom is 0.165 e. The summed E-state index contributed by atoms with van der Waals surface area (Å²) in [5.41, 5.74) is 3.49. The summed E-state index contributed by atoms with van der Waals surface area (Å²) in [6.45, 7) is 3.90. The average Bonchev–Trinajstić information content (AvgIpc) is 2.80. The Bertz CT molecular complexity index is 827. The second kappa shape index (κ2) is 5.59. The third kappa shape index (κ3) is 2.56. The Labute approximate surface area is 141 Å². The largest absolute Gasteiger partial charge is 0.278 e. The average molecular weight is 385 g/mol. The molecule has 6 heteroatoms. The van der Waals surface area contributed by atoms with E-state index in [1.165, 1.54) is 0 Å². The van der Waals surface area contributed by atoms with Crippen molar-refractivity contribution >= 4 is 50.3 Å². The summed E-state index contributed by atoms with van der Waals surface area (Å²) >= 11 is 16.1. The second-order valence-corrected chi connectivity index (χ2v) is 6.79. The van der Waals surface area contributed by atoms with Crippen molar-refractivity contribution in [3.8, 4) is 5.69 Å².